The number of benzene rings is 5. The Hall–Kier alpha value is -5.22. The first-order valence-electron chi connectivity index (χ1n) is 13.4. The van der Waals surface area contributed by atoms with Crippen molar-refractivity contribution in [1.29, 1.82) is 0 Å². The highest BCUT2D eigenvalue weighted by Crippen LogP contribution is 2.32. The second-order valence-electron chi connectivity index (χ2n) is 9.64. The molecule has 194 valence electrons. The van der Waals surface area contributed by atoms with Gasteiger partial charge in [0.25, 0.3) is 0 Å². The molecule has 0 aliphatic carbocycles. The van der Waals surface area contributed by atoms with Gasteiger partial charge >= 0.3 is 0 Å². The standard InChI is InChI=1S/C36H30N4/c1-37-32-18-14-25(15-19-32)28-10-6-12-30(22-28)34-24-35(40-36(39-34)27-8-4-3-5-9-27)31-13-7-11-29(23-31)26-16-20-33(38-2)21-17-26/h3-24,37-38H,1-2H3. The summed E-state index contributed by atoms with van der Waals surface area (Å²) < 4.78 is 0. The van der Waals surface area contributed by atoms with Crippen LogP contribution in [0.4, 0.5) is 11.4 Å². The van der Waals surface area contributed by atoms with Gasteiger partial charge in [0.1, 0.15) is 0 Å². The van der Waals surface area contributed by atoms with Crippen LogP contribution < -0.4 is 10.6 Å². The monoisotopic (exact) mass is 518 g/mol. The Morgan fingerprint density at radius 1 is 0.375 bits per heavy atom. The molecule has 0 aliphatic rings. The van der Waals surface area contributed by atoms with E-state index in [4.69, 9.17) is 9.97 Å². The summed E-state index contributed by atoms with van der Waals surface area (Å²) in [6.45, 7) is 0. The van der Waals surface area contributed by atoms with E-state index in [9.17, 15) is 0 Å². The molecule has 0 radical (unpaired) electrons. The van der Waals surface area contributed by atoms with E-state index >= 15 is 0 Å². The van der Waals surface area contributed by atoms with Gasteiger partial charge in [0.15, 0.2) is 5.82 Å². The Morgan fingerprint density at radius 2 is 0.800 bits per heavy atom. The van der Waals surface area contributed by atoms with Crippen LogP contribution in [0.5, 0.6) is 0 Å². The van der Waals surface area contributed by atoms with Crippen LogP contribution in [0.3, 0.4) is 0 Å². The number of nitrogens with one attached hydrogen (secondary N) is 2. The Balaban J connectivity index is 1.45. The topological polar surface area (TPSA) is 49.8 Å². The van der Waals surface area contributed by atoms with Crippen LogP contribution in [0, 0.1) is 0 Å². The molecule has 40 heavy (non-hydrogen) atoms. The Labute approximate surface area is 235 Å². The molecular weight excluding hydrogens is 488 g/mol. The fourth-order valence-corrected chi connectivity index (χ4v) is 4.83. The molecule has 0 aliphatic heterocycles. The third-order valence-corrected chi connectivity index (χ3v) is 7.09. The maximum atomic E-state index is 5.03. The lowest BCUT2D eigenvalue weighted by molar-refractivity contribution is 1.18. The van der Waals surface area contributed by atoms with E-state index in [1.807, 2.05) is 32.3 Å². The highest BCUT2D eigenvalue weighted by atomic mass is 14.9. The summed E-state index contributed by atoms with van der Waals surface area (Å²) in [5.74, 6) is 0.709. The average Bonchev–Trinajstić information content (AvgIpc) is 3.05. The van der Waals surface area contributed by atoms with Gasteiger partial charge in [0.05, 0.1) is 11.4 Å². The molecule has 4 nitrogen and oxygen atoms in total. The van der Waals surface area contributed by atoms with E-state index < -0.39 is 0 Å². The first-order valence-corrected chi connectivity index (χ1v) is 13.4. The Kier molecular flexibility index (Phi) is 7.06. The van der Waals surface area contributed by atoms with Crippen LogP contribution in [0.25, 0.3) is 56.2 Å². The lowest BCUT2D eigenvalue weighted by atomic mass is 9.99. The maximum Gasteiger partial charge on any atom is 0.160 e. The van der Waals surface area contributed by atoms with Crippen molar-refractivity contribution >= 4 is 11.4 Å². The molecule has 0 spiro atoms. The molecule has 0 saturated heterocycles. The second kappa shape index (κ2) is 11.3. The minimum atomic E-state index is 0.709. The number of rotatable bonds is 7. The molecule has 0 atom stereocenters. The van der Waals surface area contributed by atoms with E-state index in [1.165, 1.54) is 0 Å². The zero-order valence-corrected chi connectivity index (χ0v) is 22.6. The van der Waals surface area contributed by atoms with Gasteiger partial charge in [-0.15, -0.1) is 0 Å². The van der Waals surface area contributed by atoms with Crippen molar-refractivity contribution in [2.24, 2.45) is 0 Å². The molecule has 5 aromatic carbocycles. The fourth-order valence-electron chi connectivity index (χ4n) is 4.83. The molecule has 6 rings (SSSR count). The number of nitrogens with zero attached hydrogens (tertiary/aromatic N) is 2. The van der Waals surface area contributed by atoms with E-state index in [-0.39, 0.29) is 0 Å². The molecule has 1 aromatic heterocycles. The van der Waals surface area contributed by atoms with Gasteiger partial charge in [-0.1, -0.05) is 91.0 Å². The van der Waals surface area contributed by atoms with E-state index in [2.05, 4.69) is 126 Å². The molecule has 6 aromatic rings. The summed E-state index contributed by atoms with van der Waals surface area (Å²) in [7, 11) is 3.86. The maximum absolute atomic E-state index is 5.03. The van der Waals surface area contributed by atoms with Gasteiger partial charge in [0, 0.05) is 42.2 Å². The third-order valence-electron chi connectivity index (χ3n) is 7.09. The van der Waals surface area contributed by atoms with E-state index in [0.29, 0.717) is 5.82 Å². The fraction of sp³-hybridized carbons (Fsp3) is 0.0556. The van der Waals surface area contributed by atoms with Crippen molar-refractivity contribution in [3.63, 3.8) is 0 Å². The molecule has 0 fully saturated rings. The molecule has 0 amide bonds. The molecule has 4 heteroatoms. The molecule has 1 heterocycles. The van der Waals surface area contributed by atoms with E-state index in [0.717, 1.165) is 61.7 Å². The van der Waals surface area contributed by atoms with Gasteiger partial charge in [0.2, 0.25) is 0 Å². The van der Waals surface area contributed by atoms with Crippen molar-refractivity contribution in [2.75, 3.05) is 24.7 Å². The number of aromatic nitrogens is 2. The molecular formula is C36H30N4. The summed E-state index contributed by atoms with van der Waals surface area (Å²) >= 11 is 0. The number of hydrogen-bond acceptors (Lipinski definition) is 4. The first-order chi connectivity index (χ1) is 19.7. The van der Waals surface area contributed by atoms with Crippen molar-refractivity contribution in [1.82, 2.24) is 9.97 Å². The van der Waals surface area contributed by atoms with Crippen molar-refractivity contribution in [3.8, 4) is 56.2 Å². The first kappa shape index (κ1) is 25.1. The zero-order valence-electron chi connectivity index (χ0n) is 22.6. The minimum Gasteiger partial charge on any atom is -0.388 e. The van der Waals surface area contributed by atoms with E-state index in [1.54, 1.807) is 0 Å². The van der Waals surface area contributed by atoms with Gasteiger partial charge in [-0.05, 0) is 64.7 Å². The predicted molar refractivity (Wildman–Crippen MR) is 168 cm³/mol. The summed E-state index contributed by atoms with van der Waals surface area (Å²) in [6, 6.07) is 46.3. The van der Waals surface area contributed by atoms with Crippen LogP contribution in [0.2, 0.25) is 0 Å². The van der Waals surface area contributed by atoms with Crippen LogP contribution in [-0.2, 0) is 0 Å². The van der Waals surface area contributed by atoms with Crippen LogP contribution in [-0.4, -0.2) is 24.1 Å². The Morgan fingerprint density at radius 3 is 1.25 bits per heavy atom. The molecule has 0 bridgehead atoms. The molecule has 0 unspecified atom stereocenters. The van der Waals surface area contributed by atoms with Gasteiger partial charge in [-0.2, -0.15) is 0 Å². The average molecular weight is 519 g/mol. The minimum absolute atomic E-state index is 0.709. The lowest BCUT2D eigenvalue weighted by Gasteiger charge is -2.12. The van der Waals surface area contributed by atoms with Gasteiger partial charge in [-0.25, -0.2) is 9.97 Å². The molecule has 2 N–H and O–H groups in total. The van der Waals surface area contributed by atoms with Crippen LogP contribution >= 0.6 is 0 Å². The second-order valence-corrected chi connectivity index (χ2v) is 9.64. The molecule has 0 saturated carbocycles. The quantitative estimate of drug-likeness (QED) is 0.222. The summed E-state index contributed by atoms with van der Waals surface area (Å²) in [5, 5.41) is 6.37. The van der Waals surface area contributed by atoms with Gasteiger partial charge < -0.3 is 10.6 Å². The predicted octanol–water partition coefficient (Wildman–Crippen LogP) is 8.90. The summed E-state index contributed by atoms with van der Waals surface area (Å²) in [4.78, 5) is 10.1. The summed E-state index contributed by atoms with van der Waals surface area (Å²) in [5.41, 5.74) is 11.7. The third kappa shape index (κ3) is 5.33. The van der Waals surface area contributed by atoms with Crippen molar-refractivity contribution in [3.05, 3.63) is 133 Å². The SMILES string of the molecule is CNc1ccc(-c2cccc(-c3cc(-c4cccc(-c5ccc(NC)cc5)c4)nc(-c4ccccc4)n3)c2)cc1. The number of anilines is 2. The van der Waals surface area contributed by atoms with Crippen LogP contribution in [0.15, 0.2) is 133 Å². The Bertz CT molecular complexity index is 1630. The highest BCUT2D eigenvalue weighted by Gasteiger charge is 2.12. The highest BCUT2D eigenvalue weighted by molar-refractivity contribution is 5.78. The summed E-state index contributed by atoms with van der Waals surface area (Å²) in [6.07, 6.45) is 0. The smallest absolute Gasteiger partial charge is 0.160 e. The lowest BCUT2D eigenvalue weighted by Crippen LogP contribution is -1.96. The normalized spacial score (nSPS) is 10.8. The largest absolute Gasteiger partial charge is 0.388 e. The van der Waals surface area contributed by atoms with Crippen LogP contribution in [0.1, 0.15) is 0 Å². The van der Waals surface area contributed by atoms with Gasteiger partial charge in [-0.3, -0.25) is 0 Å². The zero-order chi connectivity index (χ0) is 27.3. The van der Waals surface area contributed by atoms with Crippen molar-refractivity contribution in [2.45, 2.75) is 0 Å². The number of hydrogen-bond donors (Lipinski definition) is 2. The van der Waals surface area contributed by atoms with Crippen molar-refractivity contribution < 1.29 is 0 Å².